The van der Waals surface area contributed by atoms with Crippen LogP contribution in [0.25, 0.3) is 0 Å². The Balaban J connectivity index is 1.62. The first-order chi connectivity index (χ1) is 10.8. The zero-order valence-electron chi connectivity index (χ0n) is 12.5. The summed E-state index contributed by atoms with van der Waals surface area (Å²) in [7, 11) is 0. The number of fused-ring (bicyclic) bond motifs is 1. The Morgan fingerprint density at radius 2 is 2.18 bits per heavy atom. The van der Waals surface area contributed by atoms with E-state index in [0.717, 1.165) is 30.9 Å². The molecule has 22 heavy (non-hydrogen) atoms. The highest BCUT2D eigenvalue weighted by atomic mass is 16.3. The zero-order chi connectivity index (χ0) is 15.4. The van der Waals surface area contributed by atoms with E-state index >= 15 is 0 Å². The van der Waals surface area contributed by atoms with Gasteiger partial charge in [-0.2, -0.15) is 5.10 Å². The Kier molecular flexibility index (Phi) is 4.48. The van der Waals surface area contributed by atoms with Crippen LogP contribution in [0.5, 0.6) is 0 Å². The van der Waals surface area contributed by atoms with E-state index in [0.29, 0.717) is 25.1 Å². The maximum Gasteiger partial charge on any atom is 0.223 e. The number of hydrogen-bond donors (Lipinski definition) is 1. The van der Waals surface area contributed by atoms with Crippen molar-refractivity contribution in [2.24, 2.45) is 0 Å². The number of aliphatic hydroxyl groups excluding tert-OH is 1. The molecular formula is C16H20N4O2. The second kappa shape index (κ2) is 6.70. The van der Waals surface area contributed by atoms with Crippen LogP contribution in [0, 0.1) is 0 Å². The maximum atomic E-state index is 12.4. The molecule has 2 aromatic rings. The fourth-order valence-electron chi connectivity index (χ4n) is 2.75. The third-order valence-electron chi connectivity index (χ3n) is 3.90. The van der Waals surface area contributed by atoms with E-state index in [2.05, 4.69) is 10.1 Å². The van der Waals surface area contributed by atoms with Gasteiger partial charge in [0.2, 0.25) is 5.91 Å². The van der Waals surface area contributed by atoms with Gasteiger partial charge in [0.05, 0.1) is 24.5 Å². The second-order valence-electron chi connectivity index (χ2n) is 5.50. The highest BCUT2D eigenvalue weighted by Crippen LogP contribution is 2.15. The standard InChI is InChI=1S/C16H20N4O2/c21-12-14-10-15-11-19(8-3-9-20(15)18-14)16(22)6-5-13-4-1-2-7-17-13/h1-2,4,7,10,21H,3,5-6,8-9,11-12H2. The number of hydrogen-bond acceptors (Lipinski definition) is 4. The van der Waals surface area contributed by atoms with E-state index < -0.39 is 0 Å². The molecule has 1 N–H and O–H groups in total. The fraction of sp³-hybridized carbons (Fsp3) is 0.438. The Labute approximate surface area is 129 Å². The number of carbonyl (C=O) groups excluding carboxylic acids is 1. The van der Waals surface area contributed by atoms with Crippen LogP contribution in [0.2, 0.25) is 0 Å². The van der Waals surface area contributed by atoms with Gasteiger partial charge in [0, 0.05) is 31.4 Å². The molecule has 0 fully saturated rings. The molecule has 0 aromatic carbocycles. The number of carbonyl (C=O) groups is 1. The molecule has 2 aromatic heterocycles. The lowest BCUT2D eigenvalue weighted by atomic mass is 10.2. The highest BCUT2D eigenvalue weighted by molar-refractivity contribution is 5.76. The highest BCUT2D eigenvalue weighted by Gasteiger charge is 2.20. The topological polar surface area (TPSA) is 71.2 Å². The normalized spacial score (nSPS) is 14.5. The summed E-state index contributed by atoms with van der Waals surface area (Å²) in [5.74, 6) is 0.144. The third-order valence-corrected chi connectivity index (χ3v) is 3.90. The van der Waals surface area contributed by atoms with Gasteiger partial charge in [-0.3, -0.25) is 14.5 Å². The van der Waals surface area contributed by atoms with Crippen molar-refractivity contribution in [2.75, 3.05) is 6.54 Å². The molecule has 0 bridgehead atoms. The van der Waals surface area contributed by atoms with E-state index in [4.69, 9.17) is 0 Å². The zero-order valence-corrected chi connectivity index (χ0v) is 12.5. The van der Waals surface area contributed by atoms with Crippen molar-refractivity contribution in [3.63, 3.8) is 0 Å². The molecule has 0 aliphatic carbocycles. The van der Waals surface area contributed by atoms with Gasteiger partial charge in [-0.1, -0.05) is 6.07 Å². The summed E-state index contributed by atoms with van der Waals surface area (Å²) in [5.41, 5.74) is 2.60. The molecule has 0 saturated heterocycles. The molecule has 0 spiro atoms. The van der Waals surface area contributed by atoms with Crippen molar-refractivity contribution in [3.05, 3.63) is 47.5 Å². The minimum atomic E-state index is -0.0619. The van der Waals surface area contributed by atoms with Gasteiger partial charge >= 0.3 is 0 Å². The van der Waals surface area contributed by atoms with E-state index in [1.165, 1.54) is 0 Å². The molecule has 6 heteroatoms. The molecule has 116 valence electrons. The minimum absolute atomic E-state index is 0.0619. The van der Waals surface area contributed by atoms with Gasteiger partial charge in [0.25, 0.3) is 0 Å². The fourth-order valence-corrected chi connectivity index (χ4v) is 2.75. The van der Waals surface area contributed by atoms with Gasteiger partial charge in [-0.25, -0.2) is 0 Å². The van der Waals surface area contributed by atoms with Crippen molar-refractivity contribution < 1.29 is 9.90 Å². The van der Waals surface area contributed by atoms with E-state index in [-0.39, 0.29) is 12.5 Å². The Morgan fingerprint density at radius 1 is 1.27 bits per heavy atom. The summed E-state index contributed by atoms with van der Waals surface area (Å²) in [4.78, 5) is 18.6. The Hall–Kier alpha value is -2.21. The summed E-state index contributed by atoms with van der Waals surface area (Å²) in [6.45, 7) is 2.04. The van der Waals surface area contributed by atoms with Crippen LogP contribution in [0.1, 0.15) is 29.9 Å². The van der Waals surface area contributed by atoms with Gasteiger partial charge in [0.15, 0.2) is 0 Å². The maximum absolute atomic E-state index is 12.4. The molecule has 6 nitrogen and oxygen atoms in total. The van der Waals surface area contributed by atoms with Crippen LogP contribution < -0.4 is 0 Å². The number of rotatable bonds is 4. The molecular weight excluding hydrogens is 280 g/mol. The monoisotopic (exact) mass is 300 g/mol. The average molecular weight is 300 g/mol. The number of aromatic nitrogens is 3. The molecule has 0 atom stereocenters. The van der Waals surface area contributed by atoms with Gasteiger partial charge in [0.1, 0.15) is 0 Å². The van der Waals surface area contributed by atoms with Crippen molar-refractivity contribution in [2.45, 2.75) is 39.0 Å². The quantitative estimate of drug-likeness (QED) is 0.919. The predicted molar refractivity (Wildman–Crippen MR) is 80.7 cm³/mol. The molecule has 1 aliphatic heterocycles. The molecule has 0 radical (unpaired) electrons. The largest absolute Gasteiger partial charge is 0.390 e. The summed E-state index contributed by atoms with van der Waals surface area (Å²) in [5, 5.41) is 13.5. The van der Waals surface area contributed by atoms with Crippen molar-refractivity contribution >= 4 is 5.91 Å². The van der Waals surface area contributed by atoms with Crippen LogP contribution in [0.4, 0.5) is 0 Å². The number of nitrogens with zero attached hydrogens (tertiary/aromatic N) is 4. The lowest BCUT2D eigenvalue weighted by Crippen LogP contribution is -2.30. The van der Waals surface area contributed by atoms with Gasteiger partial charge < -0.3 is 10.0 Å². The number of aryl methyl sites for hydroxylation is 2. The number of aliphatic hydroxyl groups is 1. The Bertz CT molecular complexity index is 639. The average Bonchev–Trinajstić information content (AvgIpc) is 2.84. The van der Waals surface area contributed by atoms with Crippen LogP contribution in [0.3, 0.4) is 0 Å². The Morgan fingerprint density at radius 3 is 2.95 bits per heavy atom. The second-order valence-corrected chi connectivity index (χ2v) is 5.50. The first kappa shape index (κ1) is 14.7. The molecule has 1 aliphatic rings. The van der Waals surface area contributed by atoms with Gasteiger partial charge in [-0.15, -0.1) is 0 Å². The SMILES string of the molecule is O=C(CCc1ccccn1)N1CCCn2nc(CO)cc2C1. The molecule has 3 heterocycles. The lowest BCUT2D eigenvalue weighted by Gasteiger charge is -2.19. The smallest absolute Gasteiger partial charge is 0.223 e. The third kappa shape index (κ3) is 3.33. The van der Waals surface area contributed by atoms with Crippen molar-refractivity contribution in [1.29, 1.82) is 0 Å². The predicted octanol–water partition coefficient (Wildman–Crippen LogP) is 1.14. The van der Waals surface area contributed by atoms with Crippen molar-refractivity contribution in [3.8, 4) is 0 Å². The van der Waals surface area contributed by atoms with E-state index in [1.807, 2.05) is 33.8 Å². The summed E-state index contributed by atoms with van der Waals surface area (Å²) in [6, 6.07) is 7.64. The molecule has 1 amide bonds. The van der Waals surface area contributed by atoms with E-state index in [9.17, 15) is 9.90 Å². The summed E-state index contributed by atoms with van der Waals surface area (Å²) in [6.07, 6.45) is 3.77. The van der Waals surface area contributed by atoms with Crippen LogP contribution in [-0.4, -0.2) is 37.2 Å². The number of amides is 1. The first-order valence-corrected chi connectivity index (χ1v) is 7.60. The van der Waals surface area contributed by atoms with E-state index in [1.54, 1.807) is 6.20 Å². The van der Waals surface area contributed by atoms with Crippen LogP contribution in [0.15, 0.2) is 30.5 Å². The summed E-state index contributed by atoms with van der Waals surface area (Å²) < 4.78 is 1.90. The molecule has 0 unspecified atom stereocenters. The van der Waals surface area contributed by atoms with Crippen LogP contribution in [-0.2, 0) is 30.9 Å². The minimum Gasteiger partial charge on any atom is -0.390 e. The van der Waals surface area contributed by atoms with Crippen LogP contribution >= 0.6 is 0 Å². The molecule has 3 rings (SSSR count). The number of pyridine rings is 1. The molecule has 0 saturated carbocycles. The van der Waals surface area contributed by atoms with Gasteiger partial charge in [-0.05, 0) is 31.0 Å². The summed E-state index contributed by atoms with van der Waals surface area (Å²) >= 11 is 0. The lowest BCUT2D eigenvalue weighted by molar-refractivity contribution is -0.131. The van der Waals surface area contributed by atoms with Crippen molar-refractivity contribution in [1.82, 2.24) is 19.7 Å². The first-order valence-electron chi connectivity index (χ1n) is 7.60.